The molecule has 0 aliphatic carbocycles. The van der Waals surface area contributed by atoms with E-state index in [1.165, 1.54) is 12.1 Å². The van der Waals surface area contributed by atoms with Crippen molar-refractivity contribution in [3.63, 3.8) is 0 Å². The van der Waals surface area contributed by atoms with Crippen molar-refractivity contribution >= 4 is 11.9 Å². The van der Waals surface area contributed by atoms with Gasteiger partial charge < -0.3 is 20.1 Å². The first-order valence-corrected chi connectivity index (χ1v) is 9.42. The van der Waals surface area contributed by atoms with E-state index in [-0.39, 0.29) is 11.3 Å². The average molecular weight is 409 g/mol. The first-order chi connectivity index (χ1) is 14.3. The van der Waals surface area contributed by atoms with Gasteiger partial charge in [-0.1, -0.05) is 12.1 Å². The van der Waals surface area contributed by atoms with Crippen LogP contribution in [0.2, 0.25) is 0 Å². The Balaban J connectivity index is 1.83. The lowest BCUT2D eigenvalue weighted by Crippen LogP contribution is -2.50. The van der Waals surface area contributed by atoms with Gasteiger partial charge in [-0.15, -0.1) is 0 Å². The minimum Gasteiger partial charge on any atom is -0.491 e. The Hall–Kier alpha value is -3.68. The average Bonchev–Trinajstić information content (AvgIpc) is 3.12. The van der Waals surface area contributed by atoms with Crippen molar-refractivity contribution in [2.24, 2.45) is 0 Å². The topological polar surface area (TPSA) is 104 Å². The highest BCUT2D eigenvalue weighted by molar-refractivity contribution is 5.98. The standard InChI is InChI=1S/C22H20FN3O4/c1-12-5-6-14(10-16(12)23)22(7-9-30-18-4-3-8-24-19(18)22)26-20(27)17-11-15(21(28)29)13(2)25-17/h3-6,8,10-11,25H,7,9H2,1-2H3,(H,26,27)(H,28,29)/t22-/m0/s1. The number of carbonyl (C=O) groups is 2. The molecule has 4 rings (SSSR count). The number of ether oxygens (including phenoxy) is 1. The normalized spacial score (nSPS) is 17.7. The lowest BCUT2D eigenvalue weighted by Gasteiger charge is -2.39. The number of carboxylic acid groups (broad SMARTS) is 1. The number of aromatic nitrogens is 2. The number of H-pyrrole nitrogens is 1. The van der Waals surface area contributed by atoms with Crippen LogP contribution in [0, 0.1) is 19.7 Å². The molecule has 3 aromatic rings. The Labute approximate surface area is 171 Å². The monoisotopic (exact) mass is 409 g/mol. The summed E-state index contributed by atoms with van der Waals surface area (Å²) in [6.45, 7) is 3.53. The first-order valence-electron chi connectivity index (χ1n) is 9.42. The van der Waals surface area contributed by atoms with Crippen molar-refractivity contribution < 1.29 is 23.8 Å². The van der Waals surface area contributed by atoms with Crippen molar-refractivity contribution in [2.45, 2.75) is 25.8 Å². The summed E-state index contributed by atoms with van der Waals surface area (Å²) in [5.74, 6) is -1.55. The molecule has 0 spiro atoms. The van der Waals surface area contributed by atoms with Crippen LogP contribution in [0.3, 0.4) is 0 Å². The molecule has 1 aromatic carbocycles. The minimum absolute atomic E-state index is 0.0149. The highest BCUT2D eigenvalue weighted by atomic mass is 19.1. The van der Waals surface area contributed by atoms with Crippen LogP contribution in [-0.2, 0) is 5.54 Å². The molecular formula is C22H20FN3O4. The number of carboxylic acids is 1. The summed E-state index contributed by atoms with van der Waals surface area (Å²) in [6.07, 6.45) is 1.91. The summed E-state index contributed by atoms with van der Waals surface area (Å²) in [5, 5.41) is 12.3. The van der Waals surface area contributed by atoms with Gasteiger partial charge in [-0.3, -0.25) is 9.78 Å². The van der Waals surface area contributed by atoms with Gasteiger partial charge in [-0.2, -0.15) is 0 Å². The van der Waals surface area contributed by atoms with Gasteiger partial charge in [-0.25, -0.2) is 9.18 Å². The number of nitrogens with zero attached hydrogens (tertiary/aromatic N) is 1. The van der Waals surface area contributed by atoms with Crippen LogP contribution in [0.4, 0.5) is 4.39 Å². The third kappa shape index (κ3) is 3.20. The molecule has 154 valence electrons. The summed E-state index contributed by atoms with van der Waals surface area (Å²) >= 11 is 0. The summed E-state index contributed by atoms with van der Waals surface area (Å²) < 4.78 is 20.2. The van der Waals surface area contributed by atoms with E-state index >= 15 is 0 Å². The van der Waals surface area contributed by atoms with Gasteiger partial charge in [-0.05, 0) is 49.2 Å². The third-order valence-corrected chi connectivity index (χ3v) is 5.39. The van der Waals surface area contributed by atoms with E-state index in [9.17, 15) is 19.1 Å². The molecule has 3 N–H and O–H groups in total. The Bertz CT molecular complexity index is 1160. The molecule has 30 heavy (non-hydrogen) atoms. The maximum atomic E-state index is 14.4. The number of nitrogens with one attached hydrogen (secondary N) is 2. The second kappa shape index (κ2) is 7.29. The lowest BCUT2D eigenvalue weighted by molar-refractivity contribution is 0.0696. The Morgan fingerprint density at radius 3 is 2.77 bits per heavy atom. The van der Waals surface area contributed by atoms with Gasteiger partial charge in [0.1, 0.15) is 28.5 Å². The number of hydrogen-bond acceptors (Lipinski definition) is 4. The zero-order valence-electron chi connectivity index (χ0n) is 16.5. The predicted octanol–water partition coefficient (Wildman–Crippen LogP) is 3.32. The third-order valence-electron chi connectivity index (χ3n) is 5.39. The molecular weight excluding hydrogens is 389 g/mol. The second-order valence-corrected chi connectivity index (χ2v) is 7.30. The number of hydrogen-bond donors (Lipinski definition) is 3. The molecule has 3 heterocycles. The van der Waals surface area contributed by atoms with Crippen LogP contribution < -0.4 is 10.1 Å². The molecule has 0 saturated carbocycles. The number of pyridine rings is 1. The fourth-order valence-electron chi connectivity index (χ4n) is 3.76. The largest absolute Gasteiger partial charge is 0.491 e. The molecule has 0 fully saturated rings. The summed E-state index contributed by atoms with van der Waals surface area (Å²) in [4.78, 5) is 31.7. The van der Waals surface area contributed by atoms with Gasteiger partial charge in [0.15, 0.2) is 0 Å². The molecule has 7 nitrogen and oxygen atoms in total. The quantitative estimate of drug-likeness (QED) is 0.613. The molecule has 0 saturated heterocycles. The molecule has 1 aliphatic heterocycles. The molecule has 0 radical (unpaired) electrons. The Kier molecular flexibility index (Phi) is 4.77. The molecule has 8 heteroatoms. The molecule has 0 unspecified atom stereocenters. The number of rotatable bonds is 4. The van der Waals surface area contributed by atoms with Crippen molar-refractivity contribution in [2.75, 3.05) is 6.61 Å². The van der Waals surface area contributed by atoms with E-state index in [1.54, 1.807) is 44.3 Å². The summed E-state index contributed by atoms with van der Waals surface area (Å²) in [5.41, 5.74) is 0.830. The minimum atomic E-state index is -1.14. The number of fused-ring (bicyclic) bond motifs is 1. The molecule has 1 amide bonds. The van der Waals surface area contributed by atoms with E-state index < -0.39 is 23.2 Å². The van der Waals surface area contributed by atoms with E-state index in [2.05, 4.69) is 15.3 Å². The highest BCUT2D eigenvalue weighted by Gasteiger charge is 2.43. The predicted molar refractivity (Wildman–Crippen MR) is 106 cm³/mol. The van der Waals surface area contributed by atoms with Crippen molar-refractivity contribution in [3.8, 4) is 5.75 Å². The number of aromatic amines is 1. The summed E-state index contributed by atoms with van der Waals surface area (Å²) in [7, 11) is 0. The maximum Gasteiger partial charge on any atom is 0.337 e. The van der Waals surface area contributed by atoms with Gasteiger partial charge in [0.05, 0.1) is 12.2 Å². The zero-order valence-corrected chi connectivity index (χ0v) is 16.5. The number of benzene rings is 1. The number of aromatic carboxylic acids is 1. The van der Waals surface area contributed by atoms with E-state index in [4.69, 9.17) is 4.74 Å². The number of amides is 1. The van der Waals surface area contributed by atoms with Crippen LogP contribution in [0.25, 0.3) is 0 Å². The molecule has 1 atom stereocenters. The van der Waals surface area contributed by atoms with E-state index in [0.29, 0.717) is 41.3 Å². The van der Waals surface area contributed by atoms with Crippen molar-refractivity contribution in [3.05, 3.63) is 82.2 Å². The van der Waals surface area contributed by atoms with Crippen LogP contribution in [0.15, 0.2) is 42.6 Å². The summed E-state index contributed by atoms with van der Waals surface area (Å²) in [6, 6.07) is 9.55. The fraction of sp³-hybridized carbons (Fsp3) is 0.227. The van der Waals surface area contributed by atoms with Gasteiger partial charge >= 0.3 is 5.97 Å². The maximum absolute atomic E-state index is 14.4. The van der Waals surface area contributed by atoms with Crippen LogP contribution in [0.5, 0.6) is 5.75 Å². The van der Waals surface area contributed by atoms with Gasteiger partial charge in [0.2, 0.25) is 0 Å². The SMILES string of the molecule is Cc1ccc([C@@]2(NC(=O)c3cc(C(=O)O)c(C)[nH]3)CCOc3cccnc32)cc1F. The fourth-order valence-corrected chi connectivity index (χ4v) is 3.76. The van der Waals surface area contributed by atoms with E-state index in [0.717, 1.165) is 0 Å². The highest BCUT2D eigenvalue weighted by Crippen LogP contribution is 2.41. The molecule has 0 bridgehead atoms. The lowest BCUT2D eigenvalue weighted by atomic mass is 9.81. The Morgan fingerprint density at radius 2 is 2.07 bits per heavy atom. The molecule has 2 aromatic heterocycles. The molecule has 1 aliphatic rings. The first kappa shape index (κ1) is 19.6. The van der Waals surface area contributed by atoms with Gasteiger partial charge in [0.25, 0.3) is 5.91 Å². The number of aryl methyl sites for hydroxylation is 2. The number of carbonyl (C=O) groups excluding carboxylic acids is 1. The Morgan fingerprint density at radius 1 is 1.27 bits per heavy atom. The van der Waals surface area contributed by atoms with Crippen molar-refractivity contribution in [1.82, 2.24) is 15.3 Å². The van der Waals surface area contributed by atoms with Crippen LogP contribution in [0.1, 0.15) is 49.8 Å². The van der Waals surface area contributed by atoms with E-state index in [1.807, 2.05) is 0 Å². The van der Waals surface area contributed by atoms with Crippen LogP contribution >= 0.6 is 0 Å². The second-order valence-electron chi connectivity index (χ2n) is 7.30. The number of halogens is 1. The van der Waals surface area contributed by atoms with Crippen LogP contribution in [-0.4, -0.2) is 33.6 Å². The zero-order chi connectivity index (χ0) is 21.5. The van der Waals surface area contributed by atoms with Gasteiger partial charge in [0, 0.05) is 18.3 Å². The smallest absolute Gasteiger partial charge is 0.337 e. The van der Waals surface area contributed by atoms with Crippen molar-refractivity contribution in [1.29, 1.82) is 0 Å².